The predicted octanol–water partition coefficient (Wildman–Crippen LogP) is 6.85. The van der Waals surface area contributed by atoms with Gasteiger partial charge in [-0.25, -0.2) is 0 Å². The van der Waals surface area contributed by atoms with Gasteiger partial charge in [0.15, 0.2) is 0 Å². The van der Waals surface area contributed by atoms with Gasteiger partial charge in [0.25, 0.3) is 0 Å². The molecule has 0 radical (unpaired) electrons. The van der Waals surface area contributed by atoms with Gasteiger partial charge in [-0.3, -0.25) is 3.11 Å². The summed E-state index contributed by atoms with van der Waals surface area (Å²) in [4.78, 5) is 0. The SMILES string of the molecule is Cc1ccccc1N(I)c1cccc2c1sc1ccccc12. The minimum absolute atomic E-state index is 1.24. The lowest BCUT2D eigenvalue weighted by molar-refractivity contribution is 1.40. The maximum Gasteiger partial charge on any atom is 0.0689 e. The van der Waals surface area contributed by atoms with Crippen molar-refractivity contribution in [2.45, 2.75) is 6.92 Å². The highest BCUT2D eigenvalue weighted by atomic mass is 127. The van der Waals surface area contributed by atoms with Crippen LogP contribution in [-0.4, -0.2) is 0 Å². The van der Waals surface area contributed by atoms with E-state index in [2.05, 4.69) is 99.6 Å². The number of thiophene rings is 1. The summed E-state index contributed by atoms with van der Waals surface area (Å²) in [5.41, 5.74) is 3.79. The van der Waals surface area contributed by atoms with E-state index in [1.165, 1.54) is 37.1 Å². The average molecular weight is 415 g/mol. The molecule has 0 atom stereocenters. The van der Waals surface area contributed by atoms with Crippen LogP contribution in [0.15, 0.2) is 66.7 Å². The Morgan fingerprint density at radius 3 is 2.32 bits per heavy atom. The molecule has 4 aromatic rings. The second kappa shape index (κ2) is 5.56. The van der Waals surface area contributed by atoms with Gasteiger partial charge in [0, 0.05) is 15.5 Å². The zero-order valence-electron chi connectivity index (χ0n) is 12.1. The van der Waals surface area contributed by atoms with Gasteiger partial charge in [0.2, 0.25) is 0 Å². The standard InChI is InChI=1S/C19H14INS/c1-13-7-2-4-10-16(13)21(20)17-11-6-9-15-14-8-3-5-12-18(14)22-19(15)17/h2-12H,1H3. The van der Waals surface area contributed by atoms with Gasteiger partial charge in [-0.15, -0.1) is 11.3 Å². The van der Waals surface area contributed by atoms with E-state index in [9.17, 15) is 0 Å². The van der Waals surface area contributed by atoms with E-state index in [1.807, 2.05) is 11.3 Å². The molecule has 0 aliphatic carbocycles. The zero-order valence-corrected chi connectivity index (χ0v) is 15.1. The number of aryl methyl sites for hydroxylation is 1. The average Bonchev–Trinajstić information content (AvgIpc) is 2.93. The number of anilines is 2. The summed E-state index contributed by atoms with van der Waals surface area (Å²) in [5.74, 6) is 0. The molecule has 1 heterocycles. The maximum absolute atomic E-state index is 2.41. The molecular formula is C19H14INS. The zero-order chi connectivity index (χ0) is 15.1. The lowest BCUT2D eigenvalue weighted by Crippen LogP contribution is -2.02. The Hall–Kier alpha value is -1.59. The lowest BCUT2D eigenvalue weighted by atomic mass is 10.1. The van der Waals surface area contributed by atoms with E-state index < -0.39 is 0 Å². The van der Waals surface area contributed by atoms with E-state index in [4.69, 9.17) is 0 Å². The normalized spacial score (nSPS) is 11.2. The van der Waals surface area contributed by atoms with Crippen LogP contribution in [0.25, 0.3) is 20.2 Å². The van der Waals surface area contributed by atoms with E-state index >= 15 is 0 Å². The van der Waals surface area contributed by atoms with Crippen molar-refractivity contribution >= 4 is 65.7 Å². The first-order valence-electron chi connectivity index (χ1n) is 7.17. The van der Waals surface area contributed by atoms with E-state index in [0.717, 1.165) is 0 Å². The highest BCUT2D eigenvalue weighted by molar-refractivity contribution is 14.1. The third kappa shape index (κ3) is 2.20. The topological polar surface area (TPSA) is 3.24 Å². The van der Waals surface area contributed by atoms with Crippen LogP contribution >= 0.6 is 34.2 Å². The molecule has 3 heteroatoms. The Morgan fingerprint density at radius 2 is 1.45 bits per heavy atom. The predicted molar refractivity (Wildman–Crippen MR) is 107 cm³/mol. The van der Waals surface area contributed by atoms with Crippen LogP contribution in [0, 0.1) is 6.92 Å². The summed E-state index contributed by atoms with van der Waals surface area (Å²) in [7, 11) is 0. The van der Waals surface area contributed by atoms with Crippen LogP contribution in [0.5, 0.6) is 0 Å². The number of rotatable bonds is 2. The van der Waals surface area contributed by atoms with Crippen LogP contribution < -0.4 is 3.11 Å². The molecular weight excluding hydrogens is 401 g/mol. The number of benzene rings is 3. The summed E-state index contributed by atoms with van der Waals surface area (Å²) >= 11 is 4.28. The van der Waals surface area contributed by atoms with Gasteiger partial charge in [0.1, 0.15) is 0 Å². The number of fused-ring (bicyclic) bond motifs is 3. The number of hydrogen-bond donors (Lipinski definition) is 0. The second-order valence-electron chi connectivity index (χ2n) is 5.32. The highest BCUT2D eigenvalue weighted by Crippen LogP contribution is 2.43. The smallest absolute Gasteiger partial charge is 0.0689 e. The van der Waals surface area contributed by atoms with Gasteiger partial charge < -0.3 is 0 Å². The van der Waals surface area contributed by atoms with Crippen LogP contribution in [0.1, 0.15) is 5.56 Å². The minimum atomic E-state index is 1.24. The van der Waals surface area contributed by atoms with Gasteiger partial charge >= 0.3 is 0 Å². The van der Waals surface area contributed by atoms with Crippen LogP contribution in [-0.2, 0) is 0 Å². The monoisotopic (exact) mass is 415 g/mol. The first-order valence-corrected chi connectivity index (χ1v) is 8.95. The fourth-order valence-corrected chi connectivity index (χ4v) is 5.11. The Balaban J connectivity index is 1.97. The fourth-order valence-electron chi connectivity index (χ4n) is 2.80. The van der Waals surface area contributed by atoms with Crippen molar-refractivity contribution in [1.82, 2.24) is 0 Å². The molecule has 0 saturated carbocycles. The Bertz CT molecular complexity index is 973. The van der Waals surface area contributed by atoms with Crippen molar-refractivity contribution in [2.75, 3.05) is 3.11 Å². The van der Waals surface area contributed by atoms with Crippen LogP contribution in [0.4, 0.5) is 11.4 Å². The Morgan fingerprint density at radius 1 is 0.773 bits per heavy atom. The summed E-state index contributed by atoms with van der Waals surface area (Å²) in [5, 5.41) is 2.69. The van der Waals surface area contributed by atoms with Gasteiger partial charge in [-0.1, -0.05) is 48.5 Å². The molecule has 108 valence electrons. The number of nitrogens with zero attached hydrogens (tertiary/aromatic N) is 1. The summed E-state index contributed by atoms with van der Waals surface area (Å²) in [6, 6.07) is 23.7. The van der Waals surface area contributed by atoms with Crippen molar-refractivity contribution in [2.24, 2.45) is 0 Å². The van der Waals surface area contributed by atoms with E-state index in [1.54, 1.807) is 0 Å². The van der Waals surface area contributed by atoms with Gasteiger partial charge in [-0.2, -0.15) is 0 Å². The maximum atomic E-state index is 2.41. The fraction of sp³-hybridized carbons (Fsp3) is 0.0526. The van der Waals surface area contributed by atoms with Crippen LogP contribution in [0.2, 0.25) is 0 Å². The molecule has 0 aliphatic rings. The molecule has 1 nitrogen and oxygen atoms in total. The van der Waals surface area contributed by atoms with Gasteiger partial charge in [0.05, 0.1) is 38.9 Å². The molecule has 0 amide bonds. The van der Waals surface area contributed by atoms with Gasteiger partial charge in [-0.05, 0) is 30.7 Å². The van der Waals surface area contributed by atoms with Crippen molar-refractivity contribution in [3.63, 3.8) is 0 Å². The molecule has 0 saturated heterocycles. The number of halogens is 1. The first-order chi connectivity index (χ1) is 10.8. The molecule has 0 bridgehead atoms. The van der Waals surface area contributed by atoms with Crippen molar-refractivity contribution in [3.8, 4) is 0 Å². The minimum Gasteiger partial charge on any atom is -0.281 e. The largest absolute Gasteiger partial charge is 0.281 e. The van der Waals surface area contributed by atoms with Crippen LogP contribution in [0.3, 0.4) is 0 Å². The van der Waals surface area contributed by atoms with Crippen molar-refractivity contribution < 1.29 is 0 Å². The Kier molecular flexibility index (Phi) is 3.54. The van der Waals surface area contributed by atoms with Crippen molar-refractivity contribution in [1.29, 1.82) is 0 Å². The molecule has 0 aliphatic heterocycles. The third-order valence-electron chi connectivity index (χ3n) is 3.92. The molecule has 0 unspecified atom stereocenters. The summed E-state index contributed by atoms with van der Waals surface area (Å²) in [6.07, 6.45) is 0. The summed E-state index contributed by atoms with van der Waals surface area (Å²) in [6.45, 7) is 2.16. The number of para-hydroxylation sites is 1. The summed E-state index contributed by atoms with van der Waals surface area (Å²) < 4.78 is 4.96. The number of hydrogen-bond acceptors (Lipinski definition) is 2. The van der Waals surface area contributed by atoms with E-state index in [0.29, 0.717) is 0 Å². The molecule has 0 N–H and O–H groups in total. The quantitative estimate of drug-likeness (QED) is 0.256. The Labute approximate surface area is 147 Å². The molecule has 22 heavy (non-hydrogen) atoms. The van der Waals surface area contributed by atoms with E-state index in [-0.39, 0.29) is 0 Å². The molecule has 0 spiro atoms. The molecule has 1 aromatic heterocycles. The lowest BCUT2D eigenvalue weighted by Gasteiger charge is -2.19. The molecule has 3 aromatic carbocycles. The molecule has 4 rings (SSSR count). The first kappa shape index (κ1) is 14.0. The molecule has 0 fully saturated rings. The third-order valence-corrected chi connectivity index (χ3v) is 6.17. The second-order valence-corrected chi connectivity index (χ2v) is 7.34. The highest BCUT2D eigenvalue weighted by Gasteiger charge is 2.14. The van der Waals surface area contributed by atoms with Crippen molar-refractivity contribution in [3.05, 3.63) is 72.3 Å².